The molecule has 0 spiro atoms. The highest BCUT2D eigenvalue weighted by Crippen LogP contribution is 2.32. The van der Waals surface area contributed by atoms with Gasteiger partial charge in [-0.25, -0.2) is 0 Å². The maximum atomic E-state index is 10.3. The van der Waals surface area contributed by atoms with Gasteiger partial charge in [0.25, 0.3) is 0 Å². The summed E-state index contributed by atoms with van der Waals surface area (Å²) in [7, 11) is 0. The first-order valence-electron chi connectivity index (χ1n) is 8.42. The molecule has 1 unspecified atom stereocenters. The number of aliphatic hydroxyl groups is 2. The van der Waals surface area contributed by atoms with E-state index in [4.69, 9.17) is 5.11 Å². The Morgan fingerprint density at radius 2 is 2.09 bits per heavy atom. The second-order valence-corrected chi connectivity index (χ2v) is 6.45. The summed E-state index contributed by atoms with van der Waals surface area (Å²) < 4.78 is 2.33. The maximum absolute atomic E-state index is 10.3. The molecule has 0 saturated carbocycles. The van der Waals surface area contributed by atoms with Gasteiger partial charge in [0.2, 0.25) is 0 Å². The predicted octanol–water partition coefficient (Wildman–Crippen LogP) is 0.745. The molecule has 1 aromatic carbocycles. The van der Waals surface area contributed by atoms with E-state index < -0.39 is 0 Å². The number of nitrogens with zero attached hydrogens (tertiary/aromatic N) is 1. The van der Waals surface area contributed by atoms with E-state index in [9.17, 15) is 5.11 Å². The van der Waals surface area contributed by atoms with Gasteiger partial charge >= 0.3 is 0 Å². The third-order valence-corrected chi connectivity index (χ3v) is 4.70. The number of hydrogen-bond donors (Lipinski definition) is 3. The van der Waals surface area contributed by atoms with Crippen LogP contribution in [0.3, 0.4) is 0 Å². The van der Waals surface area contributed by atoms with Crippen molar-refractivity contribution in [3.63, 3.8) is 0 Å². The van der Waals surface area contributed by atoms with Gasteiger partial charge < -0.3 is 20.1 Å². The molecule has 0 fully saturated rings. The van der Waals surface area contributed by atoms with Gasteiger partial charge in [-0.15, -0.1) is 0 Å². The Labute approximate surface area is 131 Å². The fraction of sp³-hybridized carbons (Fsp3) is 0.556. The molecule has 1 aromatic heterocycles. The zero-order valence-corrected chi connectivity index (χ0v) is 13.4. The van der Waals surface area contributed by atoms with Gasteiger partial charge in [-0.2, -0.15) is 0 Å². The van der Waals surface area contributed by atoms with Crippen molar-refractivity contribution < 1.29 is 15.5 Å². The van der Waals surface area contributed by atoms with Crippen LogP contribution in [-0.4, -0.2) is 40.6 Å². The van der Waals surface area contributed by atoms with E-state index >= 15 is 0 Å². The summed E-state index contributed by atoms with van der Waals surface area (Å²) in [5, 5.41) is 22.5. The number of aliphatic hydroxyl groups excluding tert-OH is 2. The molecule has 4 N–H and O–H groups in total. The number of aryl methyl sites for hydroxylation is 2. The minimum atomic E-state index is -0.380. The van der Waals surface area contributed by atoms with E-state index in [0.29, 0.717) is 19.6 Å². The summed E-state index contributed by atoms with van der Waals surface area (Å²) >= 11 is 0. The molecule has 1 aliphatic carbocycles. The number of quaternary nitrogens is 1. The molecule has 1 atom stereocenters. The summed E-state index contributed by atoms with van der Waals surface area (Å²) in [6, 6.07) is 6.65. The summed E-state index contributed by atoms with van der Waals surface area (Å²) in [4.78, 5) is 0. The number of fused-ring (bicyclic) bond motifs is 3. The van der Waals surface area contributed by atoms with Crippen molar-refractivity contribution >= 4 is 10.9 Å². The molecule has 0 aliphatic heterocycles. The molecule has 22 heavy (non-hydrogen) atoms. The highest BCUT2D eigenvalue weighted by atomic mass is 16.3. The number of hydrogen-bond acceptors (Lipinski definition) is 2. The van der Waals surface area contributed by atoms with Crippen LogP contribution >= 0.6 is 0 Å². The molecule has 0 bridgehead atoms. The third-order valence-electron chi connectivity index (χ3n) is 4.70. The van der Waals surface area contributed by atoms with E-state index in [2.05, 4.69) is 29.7 Å². The number of aromatic nitrogens is 1. The zero-order valence-electron chi connectivity index (χ0n) is 13.4. The van der Waals surface area contributed by atoms with E-state index in [0.717, 1.165) is 12.8 Å². The topological polar surface area (TPSA) is 62.0 Å². The largest absolute Gasteiger partial charge is 0.391 e. The Kier molecular flexibility index (Phi) is 4.81. The van der Waals surface area contributed by atoms with Crippen molar-refractivity contribution in [3.8, 4) is 0 Å². The third kappa shape index (κ3) is 3.05. The first-order valence-corrected chi connectivity index (χ1v) is 8.42. The Balaban J connectivity index is 1.91. The van der Waals surface area contributed by atoms with Crippen molar-refractivity contribution in [2.24, 2.45) is 0 Å². The van der Waals surface area contributed by atoms with Crippen molar-refractivity contribution in [1.29, 1.82) is 0 Å². The molecule has 2 aromatic rings. The lowest BCUT2D eigenvalue weighted by atomic mass is 9.95. The minimum absolute atomic E-state index is 0.161. The van der Waals surface area contributed by atoms with E-state index in [-0.39, 0.29) is 12.7 Å². The standard InChI is InChI=1S/C18H26N2O2/c1-13-6-7-18-16(10-13)15-4-2-3-5-17(15)20(18)12-14(22)11-19-8-9-21/h6-7,10,14,19,21-22H,2-5,8-9,11-12H2,1H3/p+1. The van der Waals surface area contributed by atoms with Crippen molar-refractivity contribution in [2.75, 3.05) is 19.7 Å². The van der Waals surface area contributed by atoms with Gasteiger partial charge in [0, 0.05) is 16.6 Å². The van der Waals surface area contributed by atoms with Crippen LogP contribution in [-0.2, 0) is 19.4 Å². The highest BCUT2D eigenvalue weighted by molar-refractivity contribution is 5.86. The molecule has 1 aliphatic rings. The maximum Gasteiger partial charge on any atom is 0.121 e. The molecule has 0 radical (unpaired) electrons. The van der Waals surface area contributed by atoms with E-state index in [1.165, 1.54) is 40.6 Å². The molecular formula is C18H27N2O2+. The van der Waals surface area contributed by atoms with Crippen molar-refractivity contribution in [3.05, 3.63) is 35.0 Å². The molecule has 120 valence electrons. The van der Waals surface area contributed by atoms with Gasteiger partial charge in [0.05, 0.1) is 19.7 Å². The minimum Gasteiger partial charge on any atom is -0.391 e. The number of benzene rings is 1. The summed E-state index contributed by atoms with van der Waals surface area (Å²) in [6.45, 7) is 4.25. The summed E-state index contributed by atoms with van der Waals surface area (Å²) in [5.41, 5.74) is 5.48. The fourth-order valence-electron chi connectivity index (χ4n) is 3.65. The molecule has 0 saturated heterocycles. The van der Waals surface area contributed by atoms with E-state index in [1.807, 2.05) is 5.32 Å². The van der Waals surface area contributed by atoms with E-state index in [1.54, 1.807) is 0 Å². The monoisotopic (exact) mass is 303 g/mol. The quantitative estimate of drug-likeness (QED) is 0.690. The second kappa shape index (κ2) is 6.82. The van der Waals surface area contributed by atoms with Gasteiger partial charge in [-0.05, 0) is 50.3 Å². The first-order chi connectivity index (χ1) is 10.7. The molecule has 3 rings (SSSR count). The van der Waals surface area contributed by atoms with Crippen LogP contribution in [0.5, 0.6) is 0 Å². The second-order valence-electron chi connectivity index (χ2n) is 6.45. The van der Waals surface area contributed by atoms with Crippen LogP contribution in [0.25, 0.3) is 10.9 Å². The summed E-state index contributed by atoms with van der Waals surface area (Å²) in [6.07, 6.45) is 4.42. The molecule has 0 amide bonds. The predicted molar refractivity (Wildman–Crippen MR) is 88.1 cm³/mol. The van der Waals surface area contributed by atoms with Crippen molar-refractivity contribution in [1.82, 2.24) is 4.57 Å². The fourth-order valence-corrected chi connectivity index (χ4v) is 3.65. The van der Waals surface area contributed by atoms with Gasteiger partial charge in [0.1, 0.15) is 12.6 Å². The lowest BCUT2D eigenvalue weighted by molar-refractivity contribution is -0.662. The Morgan fingerprint density at radius 3 is 2.91 bits per heavy atom. The van der Waals surface area contributed by atoms with Crippen LogP contribution in [0.15, 0.2) is 18.2 Å². The van der Waals surface area contributed by atoms with Gasteiger partial charge in [-0.1, -0.05) is 11.6 Å². The van der Waals surface area contributed by atoms with Crippen LogP contribution in [0.4, 0.5) is 0 Å². The van der Waals surface area contributed by atoms with Crippen LogP contribution in [0, 0.1) is 6.92 Å². The average Bonchev–Trinajstić information content (AvgIpc) is 2.82. The molecule has 1 heterocycles. The Hall–Kier alpha value is -1.36. The Morgan fingerprint density at radius 1 is 1.27 bits per heavy atom. The van der Waals surface area contributed by atoms with Crippen LogP contribution < -0.4 is 5.32 Å². The van der Waals surface area contributed by atoms with Crippen LogP contribution in [0.1, 0.15) is 29.7 Å². The van der Waals surface area contributed by atoms with Crippen molar-refractivity contribution in [2.45, 2.75) is 45.3 Å². The lowest BCUT2D eigenvalue weighted by Crippen LogP contribution is -2.87. The molecule has 4 heteroatoms. The molecule has 4 nitrogen and oxygen atoms in total. The first kappa shape index (κ1) is 15.5. The van der Waals surface area contributed by atoms with Gasteiger partial charge in [0.15, 0.2) is 0 Å². The summed E-state index contributed by atoms with van der Waals surface area (Å²) in [5.74, 6) is 0. The smallest absolute Gasteiger partial charge is 0.121 e. The molecular weight excluding hydrogens is 276 g/mol. The van der Waals surface area contributed by atoms with Gasteiger partial charge in [-0.3, -0.25) is 0 Å². The SMILES string of the molecule is Cc1ccc2c(c1)c1c(n2CC(O)C[NH2+]CCO)CCCC1. The number of nitrogens with two attached hydrogens (primary N) is 1. The highest BCUT2D eigenvalue weighted by Gasteiger charge is 2.21. The lowest BCUT2D eigenvalue weighted by Gasteiger charge is -2.18. The van der Waals surface area contributed by atoms with Crippen LogP contribution in [0.2, 0.25) is 0 Å². The normalized spacial score (nSPS) is 16.0. The average molecular weight is 303 g/mol. The zero-order chi connectivity index (χ0) is 15.5. The Bertz CT molecular complexity index is 648. The number of rotatable bonds is 6.